The molecule has 0 aliphatic heterocycles. The van der Waals surface area contributed by atoms with Gasteiger partial charge in [0.1, 0.15) is 22.7 Å². The molecule has 0 aliphatic rings. The van der Waals surface area contributed by atoms with E-state index in [4.69, 9.17) is 14.4 Å². The summed E-state index contributed by atoms with van der Waals surface area (Å²) in [6, 6.07) is 60.7. The maximum absolute atomic E-state index is 12.7. The van der Waals surface area contributed by atoms with Gasteiger partial charge in [-0.15, -0.1) is 0 Å². The second-order valence-electron chi connectivity index (χ2n) is 23.3. The van der Waals surface area contributed by atoms with E-state index in [-0.39, 0.29) is 27.4 Å². The normalized spacial score (nSPS) is 12.7. The van der Waals surface area contributed by atoms with E-state index in [0.717, 1.165) is 99.6 Å². The van der Waals surface area contributed by atoms with Gasteiger partial charge >= 0.3 is 0 Å². The average Bonchev–Trinajstić information content (AvgIpc) is 3.94. The van der Waals surface area contributed by atoms with Crippen molar-refractivity contribution >= 4 is 43.7 Å². The summed E-state index contributed by atoms with van der Waals surface area (Å²) in [6.07, 6.45) is 1.97. The van der Waals surface area contributed by atoms with Crippen LogP contribution < -0.4 is 0 Å². The number of phenolic OH excluding ortho intramolecular Hbond substituents is 1. The van der Waals surface area contributed by atoms with Crippen LogP contribution in [0.2, 0.25) is 0 Å². The summed E-state index contributed by atoms with van der Waals surface area (Å²) in [5.74, 6) is 0.924. The van der Waals surface area contributed by atoms with Crippen molar-refractivity contribution < 1.29 is 9.52 Å². The molecule has 3 aromatic heterocycles. The summed E-state index contributed by atoms with van der Waals surface area (Å²) in [4.78, 5) is 11.0. The number of pyridine rings is 1. The highest BCUT2D eigenvalue weighted by molar-refractivity contribution is 6.15. The number of phenols is 1. The summed E-state index contributed by atoms with van der Waals surface area (Å²) < 4.78 is 9.02. The maximum Gasteiger partial charge on any atom is 0.149 e. The Labute approximate surface area is 423 Å². The van der Waals surface area contributed by atoms with Gasteiger partial charge in [0.15, 0.2) is 0 Å². The predicted molar refractivity (Wildman–Crippen MR) is 302 cm³/mol. The Hall–Kier alpha value is -7.76. The molecule has 11 rings (SSSR count). The van der Waals surface area contributed by atoms with E-state index < -0.39 is 0 Å². The molecular formula is C67H63N3O2. The van der Waals surface area contributed by atoms with Crippen LogP contribution in [0.15, 0.2) is 180 Å². The van der Waals surface area contributed by atoms with Gasteiger partial charge in [0, 0.05) is 56.1 Å². The Kier molecular flexibility index (Phi) is 11.0. The first kappa shape index (κ1) is 46.6. The highest BCUT2D eigenvalue weighted by Crippen LogP contribution is 2.47. The first-order chi connectivity index (χ1) is 34.3. The molecule has 0 unspecified atom stereocenters. The quantitative estimate of drug-likeness (QED) is 0.173. The van der Waals surface area contributed by atoms with Gasteiger partial charge in [-0.2, -0.15) is 0 Å². The van der Waals surface area contributed by atoms with E-state index >= 15 is 0 Å². The molecular weight excluding hydrogens is 879 g/mol. The molecule has 0 atom stereocenters. The van der Waals surface area contributed by atoms with Gasteiger partial charge in [-0.25, -0.2) is 4.98 Å². The Balaban J connectivity index is 1.21. The van der Waals surface area contributed by atoms with Crippen molar-refractivity contribution in [3.63, 3.8) is 0 Å². The van der Waals surface area contributed by atoms with Gasteiger partial charge in [0.05, 0.1) is 28.0 Å². The lowest BCUT2D eigenvalue weighted by molar-refractivity contribution is 0.446. The van der Waals surface area contributed by atoms with Crippen LogP contribution in [0.5, 0.6) is 5.75 Å². The van der Waals surface area contributed by atoms with Crippen LogP contribution in [0.4, 0.5) is 0 Å². The van der Waals surface area contributed by atoms with Crippen LogP contribution in [-0.2, 0) is 21.7 Å². The number of benzene rings is 8. The van der Waals surface area contributed by atoms with Gasteiger partial charge in [0.2, 0.25) is 0 Å². The topological polar surface area (TPSA) is 64.1 Å². The monoisotopic (exact) mass is 941 g/mol. The van der Waals surface area contributed by atoms with Crippen molar-refractivity contribution in [1.82, 2.24) is 14.5 Å². The van der Waals surface area contributed by atoms with Crippen LogP contribution in [0.1, 0.15) is 104 Å². The van der Waals surface area contributed by atoms with Crippen LogP contribution in [0.3, 0.4) is 0 Å². The van der Waals surface area contributed by atoms with Gasteiger partial charge < -0.3 is 9.52 Å². The van der Waals surface area contributed by atoms with E-state index in [9.17, 15) is 5.11 Å². The number of para-hydroxylation sites is 1. The van der Waals surface area contributed by atoms with Crippen molar-refractivity contribution in [2.24, 2.45) is 0 Å². The van der Waals surface area contributed by atoms with E-state index in [0.29, 0.717) is 11.4 Å². The van der Waals surface area contributed by atoms with Gasteiger partial charge in [-0.1, -0.05) is 197 Å². The Morgan fingerprint density at radius 2 is 1.15 bits per heavy atom. The highest BCUT2D eigenvalue weighted by atomic mass is 16.3. The van der Waals surface area contributed by atoms with Crippen LogP contribution in [-0.4, -0.2) is 19.6 Å². The number of imidazole rings is 1. The molecule has 11 aromatic rings. The average molecular weight is 942 g/mol. The maximum atomic E-state index is 12.7. The van der Waals surface area contributed by atoms with Crippen LogP contribution >= 0.6 is 0 Å². The highest BCUT2D eigenvalue weighted by Gasteiger charge is 2.31. The number of hydrogen-bond acceptors (Lipinski definition) is 4. The van der Waals surface area contributed by atoms with Crippen molar-refractivity contribution in [2.75, 3.05) is 0 Å². The number of aromatic hydroxyl groups is 1. The Bertz CT molecular complexity index is 3890. The summed E-state index contributed by atoms with van der Waals surface area (Å²) in [6.45, 7) is 24.6. The number of aromatic nitrogens is 3. The fraction of sp³-hybridized carbons (Fsp3) is 0.224. The minimum atomic E-state index is -0.380. The van der Waals surface area contributed by atoms with Gasteiger partial charge in [-0.05, 0) is 97.5 Å². The third-order valence-corrected chi connectivity index (χ3v) is 14.9. The second-order valence-corrected chi connectivity index (χ2v) is 23.3. The second kappa shape index (κ2) is 16.9. The molecule has 0 spiro atoms. The van der Waals surface area contributed by atoms with Crippen LogP contribution in [0.25, 0.3) is 94.3 Å². The van der Waals surface area contributed by atoms with Crippen molar-refractivity contribution in [3.8, 4) is 56.3 Å². The number of hydrogen-bond donors (Lipinski definition) is 1. The van der Waals surface area contributed by atoms with E-state index in [1.54, 1.807) is 0 Å². The van der Waals surface area contributed by atoms with Crippen molar-refractivity contribution in [1.29, 1.82) is 0 Å². The lowest BCUT2D eigenvalue weighted by Gasteiger charge is -2.28. The SMILES string of the molecule is CC(C)(C)c1ccc(-n2c(-c3cc(C(C)(C)C)cc(C(C)(C)C)c3O)nc3c(-c4cc(-c5cc6oc7c8ccccc8ccc7c6cn5)cc(C(C)(C)c5ccccc5)c4)cccc32)c(-c2ccccc2)c1. The van der Waals surface area contributed by atoms with Crippen molar-refractivity contribution in [2.45, 2.75) is 97.8 Å². The molecule has 0 saturated heterocycles. The smallest absolute Gasteiger partial charge is 0.149 e. The Morgan fingerprint density at radius 3 is 1.88 bits per heavy atom. The first-order valence-corrected chi connectivity index (χ1v) is 25.3. The van der Waals surface area contributed by atoms with E-state index in [2.05, 4.69) is 251 Å². The summed E-state index contributed by atoms with van der Waals surface area (Å²) >= 11 is 0. The molecule has 72 heavy (non-hydrogen) atoms. The van der Waals surface area contributed by atoms with Gasteiger partial charge in [0.25, 0.3) is 0 Å². The standard InChI is InChI=1S/C67H63N3O2/c1-64(2,3)46-30-32-57(52(36-46)41-21-14-12-15-22-41)70-58-28-20-27-49(60(58)69-63(70)53-37-47(65(4,5)6)38-55(61(53)71)66(7,8)9)43-33-44(35-48(34-43)67(10,11)45-24-16-13-17-25-45)56-39-59-54(40-68-56)51-31-29-42-23-18-19-26-50(42)62(51)72-59/h12-40,71H,1-11H3. The molecule has 0 fully saturated rings. The summed E-state index contributed by atoms with van der Waals surface area (Å²) in [5, 5.41) is 17.0. The number of furan rings is 1. The fourth-order valence-electron chi connectivity index (χ4n) is 10.5. The third kappa shape index (κ3) is 8.05. The lowest BCUT2D eigenvalue weighted by Crippen LogP contribution is -2.19. The molecule has 0 radical (unpaired) electrons. The molecule has 3 heterocycles. The molecule has 0 aliphatic carbocycles. The van der Waals surface area contributed by atoms with Crippen LogP contribution in [0, 0.1) is 0 Å². The van der Waals surface area contributed by atoms with E-state index in [1.165, 1.54) is 11.1 Å². The predicted octanol–water partition coefficient (Wildman–Crippen LogP) is 18.1. The molecule has 358 valence electrons. The molecule has 5 heteroatoms. The largest absolute Gasteiger partial charge is 0.507 e. The van der Waals surface area contributed by atoms with E-state index in [1.807, 2.05) is 6.20 Å². The van der Waals surface area contributed by atoms with Gasteiger partial charge in [-0.3, -0.25) is 9.55 Å². The summed E-state index contributed by atoms with van der Waals surface area (Å²) in [5.41, 5.74) is 15.7. The minimum absolute atomic E-state index is 0.0928. The molecule has 0 saturated carbocycles. The first-order valence-electron chi connectivity index (χ1n) is 25.3. The third-order valence-electron chi connectivity index (χ3n) is 14.9. The summed E-state index contributed by atoms with van der Waals surface area (Å²) in [7, 11) is 0. The molecule has 5 nitrogen and oxygen atoms in total. The Morgan fingerprint density at radius 1 is 0.472 bits per heavy atom. The lowest BCUT2D eigenvalue weighted by atomic mass is 9.76. The molecule has 0 amide bonds. The van der Waals surface area contributed by atoms with Crippen molar-refractivity contribution in [3.05, 3.63) is 204 Å². The molecule has 8 aromatic carbocycles. The zero-order chi connectivity index (χ0) is 50.5. The fourth-order valence-corrected chi connectivity index (χ4v) is 10.5. The zero-order valence-corrected chi connectivity index (χ0v) is 43.4. The number of nitrogens with zero attached hydrogens (tertiary/aromatic N) is 3. The number of fused-ring (bicyclic) bond motifs is 6. The zero-order valence-electron chi connectivity index (χ0n) is 43.4. The number of rotatable bonds is 7. The molecule has 1 N–H and O–H groups in total. The minimum Gasteiger partial charge on any atom is -0.507 e. The molecule has 0 bridgehead atoms.